The number of esters is 1. The molecule has 0 aliphatic rings. The van der Waals surface area contributed by atoms with E-state index in [0.717, 1.165) is 11.3 Å². The van der Waals surface area contributed by atoms with Crippen molar-refractivity contribution in [1.29, 1.82) is 0 Å². The van der Waals surface area contributed by atoms with Crippen LogP contribution in [0.25, 0.3) is 0 Å². The minimum Gasteiger partial charge on any atom is -0.497 e. The summed E-state index contributed by atoms with van der Waals surface area (Å²) in [7, 11) is 2.75. The molecule has 3 rings (SSSR count). The summed E-state index contributed by atoms with van der Waals surface area (Å²) in [4.78, 5) is 38.2. The number of anilines is 2. The smallest absolute Gasteiger partial charge is 0.341 e. The van der Waals surface area contributed by atoms with Crippen molar-refractivity contribution in [3.8, 4) is 5.75 Å². The largest absolute Gasteiger partial charge is 0.497 e. The molecule has 0 atom stereocenters. The van der Waals surface area contributed by atoms with E-state index in [1.54, 1.807) is 43.3 Å². The summed E-state index contributed by atoms with van der Waals surface area (Å²) >= 11 is 13.1. The van der Waals surface area contributed by atoms with Gasteiger partial charge in [0, 0.05) is 10.6 Å². The lowest BCUT2D eigenvalue weighted by Gasteiger charge is -2.07. The Morgan fingerprint density at radius 3 is 2.25 bits per heavy atom. The fraction of sp³-hybridized carbons (Fsp3) is 0.136. The molecular formula is C22H18Cl2N2O5S. The van der Waals surface area contributed by atoms with Gasteiger partial charge in [0.25, 0.3) is 11.8 Å². The minimum absolute atomic E-state index is 0.0988. The highest BCUT2D eigenvalue weighted by molar-refractivity contribution is 7.19. The summed E-state index contributed by atoms with van der Waals surface area (Å²) < 4.78 is 9.94. The highest BCUT2D eigenvalue weighted by Gasteiger charge is 2.27. The van der Waals surface area contributed by atoms with E-state index in [1.165, 1.54) is 20.3 Å². The second-order valence-electron chi connectivity index (χ2n) is 6.51. The summed E-state index contributed by atoms with van der Waals surface area (Å²) in [6.45, 7) is 1.60. The Balaban J connectivity index is 1.93. The second kappa shape index (κ2) is 10.0. The van der Waals surface area contributed by atoms with Crippen molar-refractivity contribution in [2.24, 2.45) is 0 Å². The van der Waals surface area contributed by atoms with Gasteiger partial charge in [-0.05, 0) is 55.0 Å². The summed E-state index contributed by atoms with van der Waals surface area (Å²) in [5.74, 6) is -1.04. The van der Waals surface area contributed by atoms with E-state index >= 15 is 0 Å². The Morgan fingerprint density at radius 2 is 1.62 bits per heavy atom. The predicted molar refractivity (Wildman–Crippen MR) is 126 cm³/mol. The molecule has 2 aromatic carbocycles. The SMILES string of the molecule is COC(=O)c1c(NC(=O)c2ccc(OC)cc2)sc(C(=O)Nc2cc(Cl)ccc2Cl)c1C. The van der Waals surface area contributed by atoms with Crippen LogP contribution in [0.3, 0.4) is 0 Å². The lowest BCUT2D eigenvalue weighted by molar-refractivity contribution is 0.0601. The van der Waals surface area contributed by atoms with Gasteiger partial charge in [0.2, 0.25) is 0 Å². The molecule has 0 unspecified atom stereocenters. The molecule has 1 aromatic heterocycles. The second-order valence-corrected chi connectivity index (χ2v) is 8.38. The number of amides is 2. The van der Waals surface area contributed by atoms with E-state index in [0.29, 0.717) is 32.6 Å². The number of rotatable bonds is 6. The van der Waals surface area contributed by atoms with Crippen molar-refractivity contribution >= 4 is 63.0 Å². The molecule has 0 radical (unpaired) electrons. The zero-order chi connectivity index (χ0) is 23.4. The summed E-state index contributed by atoms with van der Waals surface area (Å²) in [6, 6.07) is 11.1. The van der Waals surface area contributed by atoms with E-state index in [4.69, 9.17) is 32.7 Å². The van der Waals surface area contributed by atoms with Crippen LogP contribution in [-0.4, -0.2) is 32.0 Å². The minimum atomic E-state index is -0.677. The van der Waals surface area contributed by atoms with Crippen LogP contribution in [0.5, 0.6) is 5.75 Å². The highest BCUT2D eigenvalue weighted by Crippen LogP contribution is 2.35. The first-order chi connectivity index (χ1) is 15.2. The summed E-state index contributed by atoms with van der Waals surface area (Å²) in [5, 5.41) is 6.26. The molecule has 2 amide bonds. The molecule has 0 aliphatic heterocycles. The summed E-state index contributed by atoms with van der Waals surface area (Å²) in [6.07, 6.45) is 0. The third-order valence-electron chi connectivity index (χ3n) is 4.50. The lowest BCUT2D eigenvalue weighted by Crippen LogP contribution is -2.14. The Hall–Kier alpha value is -3.07. The molecule has 10 heteroatoms. The van der Waals surface area contributed by atoms with E-state index in [2.05, 4.69) is 10.6 Å². The Bertz CT molecular complexity index is 1190. The number of hydrogen-bond donors (Lipinski definition) is 2. The molecule has 32 heavy (non-hydrogen) atoms. The predicted octanol–water partition coefficient (Wildman–Crippen LogP) is 5.66. The molecule has 1 heterocycles. The van der Waals surface area contributed by atoms with Gasteiger partial charge in [-0.2, -0.15) is 0 Å². The molecule has 3 aromatic rings. The molecule has 0 fully saturated rings. The normalized spacial score (nSPS) is 10.4. The van der Waals surface area contributed by atoms with E-state index < -0.39 is 17.8 Å². The third kappa shape index (κ3) is 5.04. The van der Waals surface area contributed by atoms with Crippen LogP contribution >= 0.6 is 34.5 Å². The fourth-order valence-electron chi connectivity index (χ4n) is 2.86. The highest BCUT2D eigenvalue weighted by atomic mass is 35.5. The molecule has 0 spiro atoms. The quantitative estimate of drug-likeness (QED) is 0.432. The maximum Gasteiger partial charge on any atom is 0.341 e. The number of nitrogens with one attached hydrogen (secondary N) is 2. The maximum absolute atomic E-state index is 12.9. The van der Waals surface area contributed by atoms with Crippen LogP contribution in [-0.2, 0) is 4.74 Å². The first kappa shape index (κ1) is 23.6. The number of halogens is 2. The van der Waals surface area contributed by atoms with Crippen LogP contribution in [0.4, 0.5) is 10.7 Å². The van der Waals surface area contributed by atoms with Crippen molar-refractivity contribution in [3.63, 3.8) is 0 Å². The third-order valence-corrected chi connectivity index (χ3v) is 6.27. The molecule has 0 saturated heterocycles. The van der Waals surface area contributed by atoms with Gasteiger partial charge < -0.3 is 20.1 Å². The van der Waals surface area contributed by atoms with E-state index in [-0.39, 0.29) is 15.4 Å². The summed E-state index contributed by atoms with van der Waals surface area (Å²) in [5.41, 5.74) is 1.13. The average Bonchev–Trinajstić information content (AvgIpc) is 3.11. The zero-order valence-electron chi connectivity index (χ0n) is 17.2. The van der Waals surface area contributed by atoms with Gasteiger partial charge in [0.1, 0.15) is 10.8 Å². The molecule has 0 saturated carbocycles. The maximum atomic E-state index is 12.9. The monoisotopic (exact) mass is 492 g/mol. The van der Waals surface area contributed by atoms with Crippen molar-refractivity contribution in [2.75, 3.05) is 24.9 Å². The number of carbonyl (C=O) groups is 3. The average molecular weight is 493 g/mol. The molecule has 2 N–H and O–H groups in total. The number of methoxy groups -OCH3 is 2. The number of benzene rings is 2. The van der Waals surface area contributed by atoms with Gasteiger partial charge in [0.15, 0.2) is 0 Å². The van der Waals surface area contributed by atoms with Crippen molar-refractivity contribution < 1.29 is 23.9 Å². The number of carbonyl (C=O) groups excluding carboxylic acids is 3. The number of ether oxygens (including phenoxy) is 2. The van der Waals surface area contributed by atoms with Gasteiger partial charge in [-0.25, -0.2) is 4.79 Å². The fourth-order valence-corrected chi connectivity index (χ4v) is 4.28. The molecule has 7 nitrogen and oxygen atoms in total. The van der Waals surface area contributed by atoms with Gasteiger partial charge in [-0.3, -0.25) is 9.59 Å². The standard InChI is InChI=1S/C22H18Cl2N2O5S/c1-11-17(22(29)31-3)21(26-19(27)12-4-7-14(30-2)8-5-12)32-18(11)20(28)25-16-10-13(23)6-9-15(16)24/h4-10H,1-3H3,(H,25,28)(H,26,27). The van der Waals surface area contributed by atoms with Gasteiger partial charge in [-0.1, -0.05) is 23.2 Å². The Labute approximate surface area is 198 Å². The van der Waals surface area contributed by atoms with E-state index in [1.807, 2.05) is 0 Å². The van der Waals surface area contributed by atoms with Crippen LogP contribution in [0.15, 0.2) is 42.5 Å². The van der Waals surface area contributed by atoms with Crippen molar-refractivity contribution in [2.45, 2.75) is 6.92 Å². The molecule has 166 valence electrons. The molecular weight excluding hydrogens is 475 g/mol. The molecule has 0 bridgehead atoms. The topological polar surface area (TPSA) is 93.7 Å². The van der Waals surface area contributed by atoms with E-state index in [9.17, 15) is 14.4 Å². The first-order valence-corrected chi connectivity index (χ1v) is 10.8. The van der Waals surface area contributed by atoms with Crippen molar-refractivity contribution in [3.05, 3.63) is 74.1 Å². The molecule has 0 aliphatic carbocycles. The van der Waals surface area contributed by atoms with Gasteiger partial charge in [-0.15, -0.1) is 11.3 Å². The van der Waals surface area contributed by atoms with Crippen LogP contribution in [0.2, 0.25) is 10.0 Å². The van der Waals surface area contributed by atoms with Crippen LogP contribution < -0.4 is 15.4 Å². The number of hydrogen-bond acceptors (Lipinski definition) is 6. The van der Waals surface area contributed by atoms with Crippen LogP contribution in [0, 0.1) is 6.92 Å². The zero-order valence-corrected chi connectivity index (χ0v) is 19.6. The Kier molecular flexibility index (Phi) is 7.40. The van der Waals surface area contributed by atoms with Crippen LogP contribution in [0.1, 0.15) is 36.0 Å². The Morgan fingerprint density at radius 1 is 0.938 bits per heavy atom. The lowest BCUT2D eigenvalue weighted by atomic mass is 10.1. The van der Waals surface area contributed by atoms with Gasteiger partial charge in [0.05, 0.1) is 35.4 Å². The first-order valence-electron chi connectivity index (χ1n) is 9.18. The van der Waals surface area contributed by atoms with Crippen molar-refractivity contribution in [1.82, 2.24) is 0 Å². The number of thiophene rings is 1. The van der Waals surface area contributed by atoms with Gasteiger partial charge >= 0.3 is 5.97 Å².